The summed E-state index contributed by atoms with van der Waals surface area (Å²) < 4.78 is 41.9. The zero-order valence-corrected chi connectivity index (χ0v) is 17.3. The Hall–Kier alpha value is -3.13. The number of fused-ring (bicyclic) bond motifs is 1. The average molecular weight is 428 g/mol. The Bertz CT molecular complexity index is 1110. The van der Waals surface area contributed by atoms with E-state index in [4.69, 9.17) is 0 Å². The van der Waals surface area contributed by atoms with Gasteiger partial charge in [0.05, 0.1) is 11.7 Å². The van der Waals surface area contributed by atoms with Crippen LogP contribution in [0.15, 0.2) is 42.5 Å². The summed E-state index contributed by atoms with van der Waals surface area (Å²) in [5.41, 5.74) is 3.25. The van der Waals surface area contributed by atoms with Crippen LogP contribution in [0.5, 0.6) is 0 Å². The van der Waals surface area contributed by atoms with Crippen LogP contribution in [0, 0.1) is 17.5 Å². The second-order valence-corrected chi connectivity index (χ2v) is 7.88. The summed E-state index contributed by atoms with van der Waals surface area (Å²) in [7, 11) is 3.77. The number of nitrogens with zero attached hydrogens (tertiary/aromatic N) is 3. The second-order valence-electron chi connectivity index (χ2n) is 7.88. The first-order chi connectivity index (χ1) is 14.8. The predicted molar refractivity (Wildman–Crippen MR) is 111 cm³/mol. The molecule has 1 amide bonds. The summed E-state index contributed by atoms with van der Waals surface area (Å²) in [6.07, 6.45) is 2.29. The fourth-order valence-corrected chi connectivity index (χ4v) is 4.01. The van der Waals surface area contributed by atoms with Crippen molar-refractivity contribution in [3.8, 4) is 5.69 Å². The highest BCUT2D eigenvalue weighted by molar-refractivity contribution is 5.94. The first-order valence-electron chi connectivity index (χ1n) is 10.1. The molecule has 2 aromatic carbocycles. The molecule has 0 fully saturated rings. The molecule has 0 aliphatic heterocycles. The highest BCUT2D eigenvalue weighted by Gasteiger charge is 2.28. The van der Waals surface area contributed by atoms with Crippen LogP contribution in [0.3, 0.4) is 0 Å². The van der Waals surface area contributed by atoms with Crippen LogP contribution in [0.25, 0.3) is 5.69 Å². The molecule has 0 radical (unpaired) electrons. The fourth-order valence-electron chi connectivity index (χ4n) is 4.01. The third-order valence-corrected chi connectivity index (χ3v) is 5.63. The topological polar surface area (TPSA) is 50.2 Å². The number of aromatic nitrogens is 2. The van der Waals surface area contributed by atoms with Gasteiger partial charge in [-0.2, -0.15) is 5.10 Å². The van der Waals surface area contributed by atoms with E-state index in [1.807, 2.05) is 19.0 Å². The lowest BCUT2D eigenvalue weighted by atomic mass is 10.1. The molecule has 4 rings (SSSR count). The maximum absolute atomic E-state index is 13.7. The molecule has 1 N–H and O–H groups in total. The average Bonchev–Trinajstić information content (AvgIpc) is 3.34. The van der Waals surface area contributed by atoms with Gasteiger partial charge in [-0.15, -0.1) is 0 Å². The zero-order valence-electron chi connectivity index (χ0n) is 17.3. The molecule has 3 aromatic rings. The molecule has 31 heavy (non-hydrogen) atoms. The van der Waals surface area contributed by atoms with E-state index in [1.165, 1.54) is 22.9 Å². The van der Waals surface area contributed by atoms with Gasteiger partial charge in [0.15, 0.2) is 17.3 Å². The normalized spacial score (nSPS) is 14.0. The molecule has 1 aliphatic rings. The van der Waals surface area contributed by atoms with Gasteiger partial charge in [0.25, 0.3) is 5.91 Å². The molecule has 1 aromatic heterocycles. The molecular weight excluding hydrogens is 405 g/mol. The van der Waals surface area contributed by atoms with Crippen molar-refractivity contribution in [1.82, 2.24) is 20.0 Å². The number of carbonyl (C=O) groups is 1. The molecule has 1 aliphatic carbocycles. The van der Waals surface area contributed by atoms with Gasteiger partial charge in [0, 0.05) is 23.9 Å². The van der Waals surface area contributed by atoms with Crippen molar-refractivity contribution in [2.45, 2.75) is 25.3 Å². The van der Waals surface area contributed by atoms with Crippen molar-refractivity contribution in [2.24, 2.45) is 0 Å². The zero-order chi connectivity index (χ0) is 22.1. The van der Waals surface area contributed by atoms with Crippen LogP contribution < -0.4 is 5.32 Å². The van der Waals surface area contributed by atoms with Crippen molar-refractivity contribution in [2.75, 3.05) is 20.6 Å². The number of hydrogen-bond acceptors (Lipinski definition) is 3. The summed E-state index contributed by atoms with van der Waals surface area (Å²) in [5, 5.41) is 7.36. The van der Waals surface area contributed by atoms with Crippen molar-refractivity contribution in [1.29, 1.82) is 0 Å². The number of likely N-dealkylation sites (N-methyl/N-ethyl adjacent to an activating group) is 1. The Morgan fingerprint density at radius 3 is 2.52 bits per heavy atom. The predicted octanol–water partition coefficient (Wildman–Crippen LogP) is 3.81. The third-order valence-electron chi connectivity index (χ3n) is 5.63. The molecule has 0 saturated heterocycles. The van der Waals surface area contributed by atoms with Crippen LogP contribution in [0.1, 0.15) is 39.8 Å². The largest absolute Gasteiger partial charge is 0.349 e. The van der Waals surface area contributed by atoms with Crippen LogP contribution in [-0.2, 0) is 12.8 Å². The quantitative estimate of drug-likeness (QED) is 0.650. The Balaban J connectivity index is 1.57. The van der Waals surface area contributed by atoms with Crippen molar-refractivity contribution in [3.63, 3.8) is 0 Å². The van der Waals surface area contributed by atoms with E-state index >= 15 is 0 Å². The number of carbonyl (C=O) groups excluding carboxylic acids is 1. The van der Waals surface area contributed by atoms with Crippen LogP contribution >= 0.6 is 0 Å². The highest BCUT2D eigenvalue weighted by atomic mass is 19.2. The molecule has 162 valence electrons. The summed E-state index contributed by atoms with van der Waals surface area (Å²) in [4.78, 5) is 14.9. The lowest BCUT2D eigenvalue weighted by Gasteiger charge is -2.25. The van der Waals surface area contributed by atoms with Gasteiger partial charge in [-0.25, -0.2) is 17.9 Å². The molecule has 1 atom stereocenters. The number of nitrogens with one attached hydrogen (secondary N) is 1. The summed E-state index contributed by atoms with van der Waals surface area (Å²) in [5.74, 6) is -2.53. The highest BCUT2D eigenvalue weighted by Crippen LogP contribution is 2.28. The first kappa shape index (κ1) is 21.1. The van der Waals surface area contributed by atoms with E-state index in [2.05, 4.69) is 10.4 Å². The Kier molecular flexibility index (Phi) is 5.82. The standard InChI is InChI=1S/C23H23F3N4O/c1-29(2)21(14-6-8-15(24)9-7-14)13-27-23(31)22-17-4-3-5-20(17)30(28-22)16-10-11-18(25)19(26)12-16/h6-12,21H,3-5,13H2,1-2H3,(H,27,31). The van der Waals surface area contributed by atoms with Crippen LogP contribution in [0.4, 0.5) is 13.2 Å². The first-order valence-corrected chi connectivity index (χ1v) is 10.1. The van der Waals surface area contributed by atoms with E-state index < -0.39 is 11.6 Å². The molecule has 0 spiro atoms. The van der Waals surface area contributed by atoms with Crippen molar-refractivity contribution < 1.29 is 18.0 Å². The maximum Gasteiger partial charge on any atom is 0.272 e. The molecule has 0 bridgehead atoms. The fraction of sp³-hybridized carbons (Fsp3) is 0.304. The van der Waals surface area contributed by atoms with E-state index in [1.54, 1.807) is 12.1 Å². The van der Waals surface area contributed by atoms with Crippen LogP contribution in [0.2, 0.25) is 0 Å². The SMILES string of the molecule is CN(C)C(CNC(=O)c1nn(-c2ccc(F)c(F)c2)c2c1CCC2)c1ccc(F)cc1. The Morgan fingerprint density at radius 1 is 1.10 bits per heavy atom. The minimum absolute atomic E-state index is 0.147. The summed E-state index contributed by atoms with van der Waals surface area (Å²) >= 11 is 0. The number of halogens is 3. The molecular formula is C23H23F3N4O. The minimum atomic E-state index is -0.959. The van der Waals surface area contributed by atoms with Crippen LogP contribution in [-0.4, -0.2) is 41.2 Å². The number of rotatable bonds is 6. The summed E-state index contributed by atoms with van der Waals surface area (Å²) in [6, 6.07) is 9.61. The van der Waals surface area contributed by atoms with E-state index in [9.17, 15) is 18.0 Å². The van der Waals surface area contributed by atoms with E-state index in [0.717, 1.165) is 35.4 Å². The minimum Gasteiger partial charge on any atom is -0.349 e. The lowest BCUT2D eigenvalue weighted by molar-refractivity contribution is 0.0935. The smallest absolute Gasteiger partial charge is 0.272 e. The third kappa shape index (κ3) is 4.20. The van der Waals surface area contributed by atoms with E-state index in [-0.39, 0.29) is 17.8 Å². The second kappa shape index (κ2) is 8.55. The van der Waals surface area contributed by atoms with Gasteiger partial charge in [0.2, 0.25) is 0 Å². The molecule has 1 heterocycles. The lowest BCUT2D eigenvalue weighted by Crippen LogP contribution is -2.35. The van der Waals surface area contributed by atoms with Gasteiger partial charge < -0.3 is 10.2 Å². The van der Waals surface area contributed by atoms with Gasteiger partial charge >= 0.3 is 0 Å². The molecule has 1 unspecified atom stereocenters. The van der Waals surface area contributed by atoms with Crippen molar-refractivity contribution >= 4 is 5.91 Å². The molecule has 5 nitrogen and oxygen atoms in total. The number of benzene rings is 2. The number of hydrogen-bond donors (Lipinski definition) is 1. The maximum atomic E-state index is 13.7. The monoisotopic (exact) mass is 428 g/mol. The Labute approximate surface area is 178 Å². The molecule has 8 heteroatoms. The van der Waals surface area contributed by atoms with Crippen molar-refractivity contribution in [3.05, 3.63) is 82.4 Å². The van der Waals surface area contributed by atoms with Gasteiger partial charge in [-0.1, -0.05) is 12.1 Å². The number of amides is 1. The van der Waals surface area contributed by atoms with Gasteiger partial charge in [-0.05, 0) is 63.2 Å². The Morgan fingerprint density at radius 2 is 1.84 bits per heavy atom. The summed E-state index contributed by atoms with van der Waals surface area (Å²) in [6.45, 7) is 0.310. The van der Waals surface area contributed by atoms with Gasteiger partial charge in [-0.3, -0.25) is 4.79 Å². The molecule has 0 saturated carbocycles. The van der Waals surface area contributed by atoms with E-state index in [0.29, 0.717) is 30.8 Å². The van der Waals surface area contributed by atoms with Gasteiger partial charge in [0.1, 0.15) is 5.82 Å².